The number of hydrogen-bond donors (Lipinski definition) is 1. The minimum atomic E-state index is 0.536. The van der Waals surface area contributed by atoms with Gasteiger partial charge in [-0.25, -0.2) is 0 Å². The van der Waals surface area contributed by atoms with Gasteiger partial charge in [-0.2, -0.15) is 0 Å². The van der Waals surface area contributed by atoms with Crippen LogP contribution < -0.4 is 5.32 Å². The Kier molecular flexibility index (Phi) is 8.79. The SMILES string of the molecule is CCCCN(C)CC1(CNCC(C)C)CCCCCC1. The molecule has 0 radical (unpaired) electrons. The summed E-state index contributed by atoms with van der Waals surface area (Å²) in [4.78, 5) is 2.59. The molecule has 1 N–H and O–H groups in total. The summed E-state index contributed by atoms with van der Waals surface area (Å²) < 4.78 is 0. The second-order valence-electron chi connectivity index (χ2n) is 7.53. The minimum absolute atomic E-state index is 0.536. The van der Waals surface area contributed by atoms with E-state index in [9.17, 15) is 0 Å². The molecule has 2 heteroatoms. The fourth-order valence-electron chi connectivity index (χ4n) is 3.58. The third kappa shape index (κ3) is 7.08. The summed E-state index contributed by atoms with van der Waals surface area (Å²) in [6, 6.07) is 0. The molecule has 0 aromatic carbocycles. The van der Waals surface area contributed by atoms with E-state index < -0.39 is 0 Å². The third-order valence-electron chi connectivity index (χ3n) is 4.72. The zero-order chi connectivity index (χ0) is 14.8. The summed E-state index contributed by atoms with van der Waals surface area (Å²) in [5, 5.41) is 3.76. The summed E-state index contributed by atoms with van der Waals surface area (Å²) in [7, 11) is 2.32. The fourth-order valence-corrected chi connectivity index (χ4v) is 3.58. The Bertz CT molecular complexity index is 230. The van der Waals surface area contributed by atoms with Gasteiger partial charge in [-0.3, -0.25) is 0 Å². The number of nitrogens with one attached hydrogen (secondary N) is 1. The van der Waals surface area contributed by atoms with Gasteiger partial charge < -0.3 is 10.2 Å². The van der Waals surface area contributed by atoms with Crippen molar-refractivity contribution in [1.29, 1.82) is 0 Å². The van der Waals surface area contributed by atoms with Crippen molar-refractivity contribution < 1.29 is 0 Å². The minimum Gasteiger partial charge on any atom is -0.316 e. The molecule has 1 aliphatic rings. The fraction of sp³-hybridized carbons (Fsp3) is 1.00. The number of unbranched alkanes of at least 4 members (excludes halogenated alkanes) is 1. The van der Waals surface area contributed by atoms with Crippen molar-refractivity contribution >= 4 is 0 Å². The Hall–Kier alpha value is -0.0800. The smallest absolute Gasteiger partial charge is 0.00471 e. The number of hydrogen-bond acceptors (Lipinski definition) is 2. The van der Waals surface area contributed by atoms with Crippen LogP contribution in [-0.2, 0) is 0 Å². The predicted molar refractivity (Wildman–Crippen MR) is 90.2 cm³/mol. The van der Waals surface area contributed by atoms with Crippen LogP contribution in [0, 0.1) is 11.3 Å². The van der Waals surface area contributed by atoms with E-state index in [1.165, 1.54) is 77.5 Å². The lowest BCUT2D eigenvalue weighted by atomic mass is 9.79. The molecular weight excluding hydrogens is 244 g/mol. The van der Waals surface area contributed by atoms with Crippen molar-refractivity contribution in [3.05, 3.63) is 0 Å². The van der Waals surface area contributed by atoms with Crippen molar-refractivity contribution in [2.75, 3.05) is 33.2 Å². The molecule has 20 heavy (non-hydrogen) atoms. The Morgan fingerprint density at radius 1 is 1.10 bits per heavy atom. The molecule has 0 amide bonds. The molecule has 0 unspecified atom stereocenters. The third-order valence-corrected chi connectivity index (χ3v) is 4.72. The first-order valence-corrected chi connectivity index (χ1v) is 8.97. The van der Waals surface area contributed by atoms with E-state index in [1.54, 1.807) is 0 Å². The number of nitrogens with zero attached hydrogens (tertiary/aromatic N) is 1. The quantitative estimate of drug-likeness (QED) is 0.634. The van der Waals surface area contributed by atoms with Gasteiger partial charge in [0.1, 0.15) is 0 Å². The monoisotopic (exact) mass is 282 g/mol. The van der Waals surface area contributed by atoms with Crippen LogP contribution in [0.5, 0.6) is 0 Å². The highest BCUT2D eigenvalue weighted by molar-refractivity contribution is 4.86. The molecule has 2 nitrogen and oxygen atoms in total. The molecule has 0 atom stereocenters. The van der Waals surface area contributed by atoms with Gasteiger partial charge in [-0.05, 0) is 50.7 Å². The van der Waals surface area contributed by atoms with Crippen molar-refractivity contribution in [3.63, 3.8) is 0 Å². The average Bonchev–Trinajstić information content (AvgIpc) is 2.62. The summed E-state index contributed by atoms with van der Waals surface area (Å²) in [5.74, 6) is 0.760. The summed E-state index contributed by atoms with van der Waals surface area (Å²) >= 11 is 0. The highest BCUT2D eigenvalue weighted by atomic mass is 15.1. The first kappa shape index (κ1) is 18.0. The van der Waals surface area contributed by atoms with Crippen LogP contribution >= 0.6 is 0 Å². The van der Waals surface area contributed by atoms with Crippen molar-refractivity contribution in [2.45, 2.75) is 72.1 Å². The van der Waals surface area contributed by atoms with E-state index in [2.05, 4.69) is 38.0 Å². The van der Waals surface area contributed by atoms with Crippen LogP contribution in [0.2, 0.25) is 0 Å². The zero-order valence-corrected chi connectivity index (χ0v) is 14.5. The Morgan fingerprint density at radius 3 is 2.30 bits per heavy atom. The summed E-state index contributed by atoms with van der Waals surface area (Å²) in [5.41, 5.74) is 0.536. The van der Waals surface area contributed by atoms with E-state index in [1.807, 2.05) is 0 Å². The zero-order valence-electron chi connectivity index (χ0n) is 14.5. The van der Waals surface area contributed by atoms with Crippen molar-refractivity contribution in [2.24, 2.45) is 11.3 Å². The maximum atomic E-state index is 3.76. The maximum Gasteiger partial charge on any atom is 0.00471 e. The molecule has 1 aliphatic carbocycles. The molecule has 1 rings (SSSR count). The van der Waals surface area contributed by atoms with Gasteiger partial charge >= 0.3 is 0 Å². The molecule has 120 valence electrons. The first-order valence-electron chi connectivity index (χ1n) is 8.97. The van der Waals surface area contributed by atoms with E-state index in [0.29, 0.717) is 5.41 Å². The Labute approximate surface area is 127 Å². The topological polar surface area (TPSA) is 15.3 Å². The average molecular weight is 283 g/mol. The first-order chi connectivity index (χ1) is 9.58. The van der Waals surface area contributed by atoms with Gasteiger partial charge in [0.2, 0.25) is 0 Å². The predicted octanol–water partition coefficient (Wildman–Crippen LogP) is 4.30. The molecule has 1 fully saturated rings. The van der Waals surface area contributed by atoms with Crippen molar-refractivity contribution in [1.82, 2.24) is 10.2 Å². The Balaban J connectivity index is 2.52. The van der Waals surface area contributed by atoms with Crippen LogP contribution in [-0.4, -0.2) is 38.1 Å². The molecule has 0 saturated heterocycles. The highest BCUT2D eigenvalue weighted by Gasteiger charge is 2.31. The van der Waals surface area contributed by atoms with Gasteiger partial charge in [0, 0.05) is 13.1 Å². The molecule has 1 saturated carbocycles. The van der Waals surface area contributed by atoms with Gasteiger partial charge in [-0.15, -0.1) is 0 Å². The van der Waals surface area contributed by atoms with Crippen LogP contribution in [0.25, 0.3) is 0 Å². The van der Waals surface area contributed by atoms with Gasteiger partial charge in [-0.1, -0.05) is 52.9 Å². The van der Waals surface area contributed by atoms with Crippen LogP contribution in [0.1, 0.15) is 72.1 Å². The molecule has 0 aromatic rings. The van der Waals surface area contributed by atoms with Crippen LogP contribution in [0.4, 0.5) is 0 Å². The molecular formula is C18H38N2. The van der Waals surface area contributed by atoms with Gasteiger partial charge in [0.15, 0.2) is 0 Å². The molecule has 0 bridgehead atoms. The lowest BCUT2D eigenvalue weighted by Gasteiger charge is -2.37. The lowest BCUT2D eigenvalue weighted by molar-refractivity contribution is 0.144. The van der Waals surface area contributed by atoms with Crippen LogP contribution in [0.15, 0.2) is 0 Å². The molecule has 0 aromatic heterocycles. The van der Waals surface area contributed by atoms with Crippen LogP contribution in [0.3, 0.4) is 0 Å². The second kappa shape index (κ2) is 9.78. The number of rotatable bonds is 9. The lowest BCUT2D eigenvalue weighted by Crippen LogP contribution is -2.43. The summed E-state index contributed by atoms with van der Waals surface area (Å²) in [6.07, 6.45) is 11.3. The van der Waals surface area contributed by atoms with E-state index >= 15 is 0 Å². The van der Waals surface area contributed by atoms with Crippen molar-refractivity contribution in [3.8, 4) is 0 Å². The van der Waals surface area contributed by atoms with Gasteiger partial charge in [0.25, 0.3) is 0 Å². The largest absolute Gasteiger partial charge is 0.316 e. The Morgan fingerprint density at radius 2 is 1.75 bits per heavy atom. The summed E-state index contributed by atoms with van der Waals surface area (Å²) in [6.45, 7) is 11.8. The second-order valence-corrected chi connectivity index (χ2v) is 7.53. The van der Waals surface area contributed by atoms with E-state index in [-0.39, 0.29) is 0 Å². The normalized spacial score (nSPS) is 19.5. The molecule has 0 spiro atoms. The van der Waals surface area contributed by atoms with E-state index in [4.69, 9.17) is 0 Å². The standard InChI is InChI=1S/C18H38N2/c1-5-6-13-20(4)16-18(15-19-14-17(2)3)11-9-7-8-10-12-18/h17,19H,5-16H2,1-4H3. The highest BCUT2D eigenvalue weighted by Crippen LogP contribution is 2.35. The van der Waals surface area contributed by atoms with Gasteiger partial charge in [0.05, 0.1) is 0 Å². The molecule has 0 aliphatic heterocycles. The van der Waals surface area contributed by atoms with E-state index in [0.717, 1.165) is 5.92 Å². The molecule has 0 heterocycles. The maximum absolute atomic E-state index is 3.76.